The largest absolute Gasteiger partial charge is 0.378 e. The molecule has 0 spiro atoms. The summed E-state index contributed by atoms with van der Waals surface area (Å²) in [6, 6.07) is 6.01. The highest BCUT2D eigenvalue weighted by atomic mass is 16.1. The Labute approximate surface area is 77.4 Å². The predicted molar refractivity (Wildman–Crippen MR) is 53.1 cm³/mol. The summed E-state index contributed by atoms with van der Waals surface area (Å²) in [7, 11) is 3.98. The van der Waals surface area contributed by atoms with E-state index < -0.39 is 0 Å². The normalized spacial score (nSPS) is 13.8. The van der Waals surface area contributed by atoms with Gasteiger partial charge in [-0.2, -0.15) is 0 Å². The maximum absolute atomic E-state index is 11.1. The van der Waals surface area contributed by atoms with Gasteiger partial charge in [0.05, 0.1) is 6.42 Å². The van der Waals surface area contributed by atoms with Crippen molar-refractivity contribution in [1.82, 2.24) is 0 Å². The van der Waals surface area contributed by atoms with Crippen molar-refractivity contribution in [2.75, 3.05) is 24.3 Å². The molecule has 0 aromatic heterocycles. The van der Waals surface area contributed by atoms with Crippen molar-refractivity contribution in [3.63, 3.8) is 0 Å². The Morgan fingerprint density at radius 1 is 1.38 bits per heavy atom. The highest BCUT2D eigenvalue weighted by Crippen LogP contribution is 2.26. The Kier molecular flexibility index (Phi) is 1.72. The molecule has 1 N–H and O–H groups in total. The molecule has 0 bridgehead atoms. The minimum absolute atomic E-state index is 0.0888. The van der Waals surface area contributed by atoms with Gasteiger partial charge in [0, 0.05) is 25.5 Å². The van der Waals surface area contributed by atoms with Crippen LogP contribution >= 0.6 is 0 Å². The molecule has 13 heavy (non-hydrogen) atoms. The van der Waals surface area contributed by atoms with Crippen molar-refractivity contribution in [2.24, 2.45) is 0 Å². The number of hydrogen-bond acceptors (Lipinski definition) is 2. The Balaban J connectivity index is 2.40. The number of anilines is 2. The van der Waals surface area contributed by atoms with Gasteiger partial charge in [-0.05, 0) is 23.8 Å². The molecule has 1 heterocycles. The molecule has 1 aromatic rings. The fourth-order valence-electron chi connectivity index (χ4n) is 1.49. The van der Waals surface area contributed by atoms with Crippen LogP contribution in [0.25, 0.3) is 0 Å². The molecule has 0 saturated carbocycles. The first kappa shape index (κ1) is 8.10. The van der Waals surface area contributed by atoms with Crippen LogP contribution in [0.15, 0.2) is 18.2 Å². The van der Waals surface area contributed by atoms with Crippen LogP contribution in [0.5, 0.6) is 0 Å². The third-order valence-electron chi connectivity index (χ3n) is 2.23. The summed E-state index contributed by atoms with van der Waals surface area (Å²) in [6.07, 6.45) is 0.511. The van der Waals surface area contributed by atoms with Gasteiger partial charge in [0.1, 0.15) is 0 Å². The smallest absolute Gasteiger partial charge is 0.228 e. The third-order valence-corrected chi connectivity index (χ3v) is 2.23. The molecule has 3 nitrogen and oxygen atoms in total. The molecule has 1 aliphatic rings. The molecule has 1 amide bonds. The van der Waals surface area contributed by atoms with E-state index in [-0.39, 0.29) is 5.91 Å². The zero-order valence-electron chi connectivity index (χ0n) is 7.79. The van der Waals surface area contributed by atoms with Gasteiger partial charge in [-0.15, -0.1) is 0 Å². The van der Waals surface area contributed by atoms with Crippen LogP contribution in [-0.4, -0.2) is 20.0 Å². The standard InChI is InChI=1S/C10H12N2O/c1-12(2)8-3-4-9-7(5-8)6-10(13)11-9/h3-5H,6H2,1-2H3,(H,11,13). The number of benzene rings is 1. The van der Waals surface area contributed by atoms with E-state index >= 15 is 0 Å². The summed E-state index contributed by atoms with van der Waals surface area (Å²) in [4.78, 5) is 13.1. The van der Waals surface area contributed by atoms with Crippen LogP contribution in [-0.2, 0) is 11.2 Å². The number of hydrogen-bond donors (Lipinski definition) is 1. The van der Waals surface area contributed by atoms with Crippen LogP contribution < -0.4 is 10.2 Å². The molecule has 0 atom stereocenters. The van der Waals surface area contributed by atoms with Gasteiger partial charge in [0.2, 0.25) is 5.91 Å². The molecular weight excluding hydrogens is 164 g/mol. The van der Waals surface area contributed by atoms with E-state index in [1.165, 1.54) is 0 Å². The SMILES string of the molecule is CN(C)c1ccc2c(c1)CC(=O)N2. The molecule has 3 heteroatoms. The Hall–Kier alpha value is -1.51. The van der Waals surface area contributed by atoms with Crippen LogP contribution in [0.3, 0.4) is 0 Å². The van der Waals surface area contributed by atoms with Gasteiger partial charge in [-0.25, -0.2) is 0 Å². The number of rotatable bonds is 1. The lowest BCUT2D eigenvalue weighted by atomic mass is 10.1. The van der Waals surface area contributed by atoms with Gasteiger partial charge in [0.15, 0.2) is 0 Å². The van der Waals surface area contributed by atoms with Gasteiger partial charge in [-0.1, -0.05) is 0 Å². The predicted octanol–water partition coefficient (Wildman–Crippen LogP) is 1.25. The number of fused-ring (bicyclic) bond motifs is 1. The Bertz CT molecular complexity index is 358. The maximum Gasteiger partial charge on any atom is 0.228 e. The quantitative estimate of drug-likeness (QED) is 0.698. The van der Waals surface area contributed by atoms with Gasteiger partial charge >= 0.3 is 0 Å². The number of nitrogens with one attached hydrogen (secondary N) is 1. The Morgan fingerprint density at radius 3 is 2.85 bits per heavy atom. The molecule has 0 unspecified atom stereocenters. The first-order chi connectivity index (χ1) is 6.16. The monoisotopic (exact) mass is 176 g/mol. The zero-order valence-corrected chi connectivity index (χ0v) is 7.79. The van der Waals surface area contributed by atoms with Gasteiger partial charge in [-0.3, -0.25) is 4.79 Å². The molecule has 1 aliphatic heterocycles. The average Bonchev–Trinajstić information content (AvgIpc) is 2.42. The van der Waals surface area contributed by atoms with E-state index in [2.05, 4.69) is 5.32 Å². The van der Waals surface area contributed by atoms with Crippen LogP contribution in [0.4, 0.5) is 11.4 Å². The summed E-state index contributed by atoms with van der Waals surface area (Å²) >= 11 is 0. The minimum Gasteiger partial charge on any atom is -0.378 e. The average molecular weight is 176 g/mol. The highest BCUT2D eigenvalue weighted by molar-refractivity contribution is 5.99. The second-order valence-electron chi connectivity index (χ2n) is 3.46. The fraction of sp³-hybridized carbons (Fsp3) is 0.300. The van der Waals surface area contributed by atoms with Crippen molar-refractivity contribution in [2.45, 2.75) is 6.42 Å². The second-order valence-corrected chi connectivity index (χ2v) is 3.46. The lowest BCUT2D eigenvalue weighted by molar-refractivity contribution is -0.115. The lowest BCUT2D eigenvalue weighted by Crippen LogP contribution is -2.08. The van der Waals surface area contributed by atoms with Crippen molar-refractivity contribution in [3.8, 4) is 0 Å². The summed E-state index contributed by atoms with van der Waals surface area (Å²) in [5.74, 6) is 0.0888. The van der Waals surface area contributed by atoms with E-state index in [1.807, 2.05) is 37.2 Å². The van der Waals surface area contributed by atoms with Gasteiger partial charge in [0.25, 0.3) is 0 Å². The van der Waals surface area contributed by atoms with E-state index in [0.717, 1.165) is 16.9 Å². The molecule has 0 aliphatic carbocycles. The third kappa shape index (κ3) is 1.37. The topological polar surface area (TPSA) is 32.3 Å². The van der Waals surface area contributed by atoms with Crippen molar-refractivity contribution < 1.29 is 4.79 Å². The van der Waals surface area contributed by atoms with Crippen molar-refractivity contribution >= 4 is 17.3 Å². The van der Waals surface area contributed by atoms with Crippen molar-refractivity contribution in [1.29, 1.82) is 0 Å². The van der Waals surface area contributed by atoms with E-state index in [9.17, 15) is 4.79 Å². The maximum atomic E-state index is 11.1. The molecule has 0 saturated heterocycles. The first-order valence-electron chi connectivity index (χ1n) is 4.27. The number of amides is 1. The van der Waals surface area contributed by atoms with Crippen LogP contribution in [0.2, 0.25) is 0 Å². The van der Waals surface area contributed by atoms with E-state index in [1.54, 1.807) is 0 Å². The number of carbonyl (C=O) groups excluding carboxylic acids is 1. The number of nitrogens with zero attached hydrogens (tertiary/aromatic N) is 1. The van der Waals surface area contributed by atoms with Crippen molar-refractivity contribution in [3.05, 3.63) is 23.8 Å². The molecule has 0 radical (unpaired) electrons. The number of carbonyl (C=O) groups is 1. The molecule has 0 fully saturated rings. The lowest BCUT2D eigenvalue weighted by Gasteiger charge is -2.13. The van der Waals surface area contributed by atoms with E-state index in [0.29, 0.717) is 6.42 Å². The summed E-state index contributed by atoms with van der Waals surface area (Å²) < 4.78 is 0. The first-order valence-corrected chi connectivity index (χ1v) is 4.27. The molecule has 68 valence electrons. The zero-order chi connectivity index (χ0) is 9.42. The van der Waals surface area contributed by atoms with Crippen LogP contribution in [0.1, 0.15) is 5.56 Å². The van der Waals surface area contributed by atoms with E-state index in [4.69, 9.17) is 0 Å². The molecule has 2 rings (SSSR count). The summed E-state index contributed by atoms with van der Waals surface area (Å²) in [6.45, 7) is 0. The Morgan fingerprint density at radius 2 is 2.15 bits per heavy atom. The molecule has 1 aromatic carbocycles. The molecular formula is C10H12N2O. The van der Waals surface area contributed by atoms with Gasteiger partial charge < -0.3 is 10.2 Å². The minimum atomic E-state index is 0.0888. The van der Waals surface area contributed by atoms with Crippen LogP contribution in [0, 0.1) is 0 Å². The summed E-state index contributed by atoms with van der Waals surface area (Å²) in [5, 5.41) is 2.81. The fourth-order valence-corrected chi connectivity index (χ4v) is 1.49. The second kappa shape index (κ2) is 2.76. The highest BCUT2D eigenvalue weighted by Gasteiger charge is 2.17. The summed E-state index contributed by atoms with van der Waals surface area (Å²) in [5.41, 5.74) is 3.18.